The first-order valence-electron chi connectivity index (χ1n) is 10.4. The summed E-state index contributed by atoms with van der Waals surface area (Å²) in [6.45, 7) is 10.2. The minimum absolute atomic E-state index is 0.0286. The minimum Gasteiger partial charge on any atom is -0.372 e. The first-order chi connectivity index (χ1) is 13.0. The van der Waals surface area contributed by atoms with Crippen LogP contribution < -0.4 is 15.1 Å². The van der Waals surface area contributed by atoms with Crippen molar-refractivity contribution in [3.63, 3.8) is 0 Å². The predicted molar refractivity (Wildman–Crippen MR) is 112 cm³/mol. The molecule has 0 aliphatic heterocycles. The molecule has 1 aliphatic rings. The number of carbonyl (C=O) groups is 2. The number of nitrogens with zero attached hydrogens (tertiary/aromatic N) is 2. The van der Waals surface area contributed by atoms with E-state index in [1.807, 2.05) is 13.0 Å². The lowest BCUT2D eigenvalue weighted by molar-refractivity contribution is -0.121. The standard InChI is InChI=1S/C22H35N3O2/c1-5-24(6-2)20-12-13-21(17(3)16-20)25(18(4)26)15-14-22(27)23-19-10-8-7-9-11-19/h12-13,16,19H,5-11,14-15H2,1-4H3,(H,23,27). The van der Waals surface area contributed by atoms with Crippen molar-refractivity contribution in [3.8, 4) is 0 Å². The quantitative estimate of drug-likeness (QED) is 0.748. The number of hydrogen-bond donors (Lipinski definition) is 1. The van der Waals surface area contributed by atoms with Gasteiger partial charge in [0.05, 0.1) is 0 Å². The van der Waals surface area contributed by atoms with Gasteiger partial charge < -0.3 is 15.1 Å². The Bertz CT molecular complexity index is 634. The topological polar surface area (TPSA) is 52.6 Å². The molecule has 5 nitrogen and oxygen atoms in total. The van der Waals surface area contributed by atoms with Gasteiger partial charge in [-0.25, -0.2) is 0 Å². The summed E-state index contributed by atoms with van der Waals surface area (Å²) in [7, 11) is 0. The van der Waals surface area contributed by atoms with Gasteiger partial charge in [0.25, 0.3) is 0 Å². The van der Waals surface area contributed by atoms with Crippen LogP contribution >= 0.6 is 0 Å². The molecule has 0 aromatic heterocycles. The van der Waals surface area contributed by atoms with Crippen LogP contribution in [0.25, 0.3) is 0 Å². The van der Waals surface area contributed by atoms with E-state index in [0.717, 1.165) is 37.2 Å². The van der Waals surface area contributed by atoms with Crippen LogP contribution in [0.15, 0.2) is 18.2 Å². The fourth-order valence-corrected chi connectivity index (χ4v) is 3.94. The molecule has 1 saturated carbocycles. The third kappa shape index (κ3) is 5.98. The Labute approximate surface area is 164 Å². The second kappa shape index (κ2) is 10.3. The molecule has 1 fully saturated rings. The van der Waals surface area contributed by atoms with Crippen molar-refractivity contribution >= 4 is 23.2 Å². The Morgan fingerprint density at radius 2 is 1.78 bits per heavy atom. The smallest absolute Gasteiger partial charge is 0.223 e. The van der Waals surface area contributed by atoms with Gasteiger partial charge in [-0.3, -0.25) is 9.59 Å². The van der Waals surface area contributed by atoms with E-state index < -0.39 is 0 Å². The SMILES string of the molecule is CCN(CC)c1ccc(N(CCC(=O)NC2CCCCC2)C(C)=O)c(C)c1. The zero-order chi connectivity index (χ0) is 19.8. The predicted octanol–water partition coefficient (Wildman–Crippen LogP) is 4.03. The maximum atomic E-state index is 12.3. The number of amides is 2. The normalized spacial score (nSPS) is 14.7. The van der Waals surface area contributed by atoms with E-state index in [0.29, 0.717) is 19.0 Å². The number of aryl methyl sites for hydroxylation is 1. The molecule has 1 aliphatic carbocycles. The highest BCUT2D eigenvalue weighted by Crippen LogP contribution is 2.26. The van der Waals surface area contributed by atoms with Crippen molar-refractivity contribution in [2.75, 3.05) is 29.4 Å². The van der Waals surface area contributed by atoms with Gasteiger partial charge in [0.2, 0.25) is 11.8 Å². The molecule has 27 heavy (non-hydrogen) atoms. The number of hydrogen-bond acceptors (Lipinski definition) is 3. The molecule has 0 saturated heterocycles. The second-order valence-corrected chi connectivity index (χ2v) is 7.47. The fraction of sp³-hybridized carbons (Fsp3) is 0.636. The molecule has 0 bridgehead atoms. The van der Waals surface area contributed by atoms with Crippen LogP contribution in [0.2, 0.25) is 0 Å². The summed E-state index contributed by atoms with van der Waals surface area (Å²) in [6, 6.07) is 6.50. The molecule has 1 N–H and O–H groups in total. The average molecular weight is 374 g/mol. The lowest BCUT2D eigenvalue weighted by Gasteiger charge is -2.27. The lowest BCUT2D eigenvalue weighted by Crippen LogP contribution is -2.39. The van der Waals surface area contributed by atoms with Gasteiger partial charge in [-0.05, 0) is 57.4 Å². The Kier molecular flexibility index (Phi) is 8.14. The summed E-state index contributed by atoms with van der Waals surface area (Å²) < 4.78 is 0. The van der Waals surface area contributed by atoms with Crippen molar-refractivity contribution < 1.29 is 9.59 Å². The van der Waals surface area contributed by atoms with Gasteiger partial charge in [0, 0.05) is 50.4 Å². The van der Waals surface area contributed by atoms with Crippen LogP contribution in [0, 0.1) is 6.92 Å². The first-order valence-corrected chi connectivity index (χ1v) is 10.4. The summed E-state index contributed by atoms with van der Waals surface area (Å²) in [5.41, 5.74) is 3.12. The largest absolute Gasteiger partial charge is 0.372 e. The van der Waals surface area contributed by atoms with Gasteiger partial charge in [-0.2, -0.15) is 0 Å². The minimum atomic E-state index is -0.0286. The van der Waals surface area contributed by atoms with Crippen molar-refractivity contribution in [2.24, 2.45) is 0 Å². The Morgan fingerprint density at radius 3 is 2.33 bits per heavy atom. The number of carbonyl (C=O) groups excluding carboxylic acids is 2. The number of anilines is 2. The van der Waals surface area contributed by atoms with Crippen LogP contribution in [-0.4, -0.2) is 37.5 Å². The number of nitrogens with one attached hydrogen (secondary N) is 1. The zero-order valence-electron chi connectivity index (χ0n) is 17.4. The highest BCUT2D eigenvalue weighted by molar-refractivity contribution is 5.93. The molecular formula is C22H35N3O2. The molecule has 1 aromatic rings. The van der Waals surface area contributed by atoms with Crippen LogP contribution in [0.4, 0.5) is 11.4 Å². The maximum absolute atomic E-state index is 12.3. The first kappa shape index (κ1) is 21.3. The Morgan fingerprint density at radius 1 is 1.11 bits per heavy atom. The molecule has 0 heterocycles. The molecule has 2 amide bonds. The fourth-order valence-electron chi connectivity index (χ4n) is 3.94. The monoisotopic (exact) mass is 373 g/mol. The van der Waals surface area contributed by atoms with E-state index in [2.05, 4.69) is 36.2 Å². The van der Waals surface area contributed by atoms with Crippen LogP contribution in [0.1, 0.15) is 64.9 Å². The second-order valence-electron chi connectivity index (χ2n) is 7.47. The molecule has 2 rings (SSSR count). The molecular weight excluding hydrogens is 338 g/mol. The molecule has 0 unspecified atom stereocenters. The average Bonchev–Trinajstić information content (AvgIpc) is 2.65. The van der Waals surface area contributed by atoms with Gasteiger partial charge in [0.15, 0.2) is 0 Å². The van der Waals surface area contributed by atoms with Crippen LogP contribution in [0.5, 0.6) is 0 Å². The summed E-state index contributed by atoms with van der Waals surface area (Å²) >= 11 is 0. The van der Waals surface area contributed by atoms with E-state index in [-0.39, 0.29) is 11.8 Å². The molecule has 5 heteroatoms. The molecule has 0 spiro atoms. The van der Waals surface area contributed by atoms with E-state index in [1.165, 1.54) is 24.9 Å². The summed E-state index contributed by atoms with van der Waals surface area (Å²) in [5, 5.41) is 3.13. The van der Waals surface area contributed by atoms with E-state index in [9.17, 15) is 9.59 Å². The van der Waals surface area contributed by atoms with E-state index in [1.54, 1.807) is 11.8 Å². The van der Waals surface area contributed by atoms with Crippen LogP contribution in [-0.2, 0) is 9.59 Å². The van der Waals surface area contributed by atoms with Crippen molar-refractivity contribution in [1.29, 1.82) is 0 Å². The summed E-state index contributed by atoms with van der Waals surface area (Å²) in [4.78, 5) is 28.5. The van der Waals surface area contributed by atoms with Crippen LogP contribution in [0.3, 0.4) is 0 Å². The third-order valence-corrected chi connectivity index (χ3v) is 5.51. The molecule has 1 aromatic carbocycles. The Hall–Kier alpha value is -2.04. The highest BCUT2D eigenvalue weighted by Gasteiger charge is 2.19. The van der Waals surface area contributed by atoms with Gasteiger partial charge >= 0.3 is 0 Å². The van der Waals surface area contributed by atoms with E-state index >= 15 is 0 Å². The third-order valence-electron chi connectivity index (χ3n) is 5.51. The van der Waals surface area contributed by atoms with Crippen molar-refractivity contribution in [3.05, 3.63) is 23.8 Å². The van der Waals surface area contributed by atoms with Gasteiger partial charge in [-0.15, -0.1) is 0 Å². The summed E-state index contributed by atoms with van der Waals surface area (Å²) in [5.74, 6) is 0.0183. The zero-order valence-corrected chi connectivity index (χ0v) is 17.4. The number of benzene rings is 1. The lowest BCUT2D eigenvalue weighted by atomic mass is 9.95. The van der Waals surface area contributed by atoms with Gasteiger partial charge in [0.1, 0.15) is 0 Å². The van der Waals surface area contributed by atoms with E-state index in [4.69, 9.17) is 0 Å². The Balaban J connectivity index is 2.01. The molecule has 0 atom stereocenters. The number of rotatable bonds is 8. The van der Waals surface area contributed by atoms with Crippen molar-refractivity contribution in [2.45, 2.75) is 72.3 Å². The summed E-state index contributed by atoms with van der Waals surface area (Å²) in [6.07, 6.45) is 6.16. The van der Waals surface area contributed by atoms with Crippen molar-refractivity contribution in [1.82, 2.24) is 5.32 Å². The molecule has 150 valence electrons. The van der Waals surface area contributed by atoms with Gasteiger partial charge in [-0.1, -0.05) is 19.3 Å². The highest BCUT2D eigenvalue weighted by atomic mass is 16.2. The molecule has 0 radical (unpaired) electrons. The maximum Gasteiger partial charge on any atom is 0.223 e.